The minimum absolute atomic E-state index is 0.706. The molecule has 1 fully saturated rings. The summed E-state index contributed by atoms with van der Waals surface area (Å²) in [5.74, 6) is 0.831. The fourth-order valence-corrected chi connectivity index (χ4v) is 2.58. The van der Waals surface area contributed by atoms with E-state index < -0.39 is 0 Å². The van der Waals surface area contributed by atoms with Crippen LogP contribution in [0.2, 0.25) is 0 Å². The maximum absolute atomic E-state index is 2.60. The number of likely N-dealkylation sites (N-methyl/N-ethyl adjacent to an activating group) is 1. The van der Waals surface area contributed by atoms with Crippen molar-refractivity contribution in [2.24, 2.45) is 5.92 Å². The Morgan fingerprint density at radius 3 is 2.14 bits per heavy atom. The molecule has 1 unspecified atom stereocenters. The Balaban J connectivity index is 2.55. The molecular formula is C12H26N2. The molecule has 84 valence electrons. The molecule has 0 N–H and O–H groups in total. The molecule has 1 saturated heterocycles. The zero-order valence-corrected chi connectivity index (χ0v) is 10.5. The summed E-state index contributed by atoms with van der Waals surface area (Å²) < 4.78 is 0. The molecule has 1 aliphatic rings. The molecule has 2 heteroatoms. The van der Waals surface area contributed by atoms with Gasteiger partial charge in [-0.2, -0.15) is 0 Å². The third kappa shape index (κ3) is 2.48. The highest BCUT2D eigenvalue weighted by atomic mass is 15.3. The van der Waals surface area contributed by atoms with Gasteiger partial charge in [-0.3, -0.25) is 9.80 Å². The van der Waals surface area contributed by atoms with E-state index in [2.05, 4.69) is 44.4 Å². The van der Waals surface area contributed by atoms with Gasteiger partial charge in [0.25, 0.3) is 0 Å². The van der Waals surface area contributed by atoms with Crippen molar-refractivity contribution in [3.05, 3.63) is 0 Å². The van der Waals surface area contributed by atoms with Crippen LogP contribution in [0.25, 0.3) is 0 Å². The van der Waals surface area contributed by atoms with Crippen molar-refractivity contribution in [1.29, 1.82) is 0 Å². The molecule has 2 nitrogen and oxygen atoms in total. The Morgan fingerprint density at radius 2 is 1.79 bits per heavy atom. The summed E-state index contributed by atoms with van der Waals surface area (Å²) in [7, 11) is 0. The quantitative estimate of drug-likeness (QED) is 0.682. The van der Waals surface area contributed by atoms with Gasteiger partial charge >= 0.3 is 0 Å². The van der Waals surface area contributed by atoms with Crippen molar-refractivity contribution in [2.75, 3.05) is 26.2 Å². The average molecular weight is 198 g/mol. The Morgan fingerprint density at radius 1 is 1.21 bits per heavy atom. The molecule has 0 aliphatic carbocycles. The van der Waals surface area contributed by atoms with E-state index >= 15 is 0 Å². The first kappa shape index (κ1) is 12.0. The van der Waals surface area contributed by atoms with Gasteiger partial charge < -0.3 is 0 Å². The molecule has 1 heterocycles. The van der Waals surface area contributed by atoms with E-state index in [4.69, 9.17) is 0 Å². The Hall–Kier alpha value is -0.0800. The third-order valence-corrected chi connectivity index (χ3v) is 3.61. The van der Waals surface area contributed by atoms with Gasteiger partial charge in [0.05, 0.1) is 0 Å². The average Bonchev–Trinajstić information content (AvgIpc) is 2.51. The smallest absolute Gasteiger partial charge is 0.0260 e. The van der Waals surface area contributed by atoms with Crippen LogP contribution in [0.15, 0.2) is 0 Å². The fourth-order valence-electron chi connectivity index (χ4n) is 2.58. The van der Waals surface area contributed by atoms with E-state index in [9.17, 15) is 0 Å². The van der Waals surface area contributed by atoms with Crippen LogP contribution in [0.4, 0.5) is 0 Å². The maximum Gasteiger partial charge on any atom is 0.0260 e. The van der Waals surface area contributed by atoms with Crippen LogP contribution < -0.4 is 0 Å². The summed E-state index contributed by atoms with van der Waals surface area (Å²) in [5, 5.41) is 0. The first-order valence-electron chi connectivity index (χ1n) is 6.08. The lowest BCUT2D eigenvalue weighted by molar-refractivity contribution is 0.183. The molecule has 0 saturated carbocycles. The fraction of sp³-hybridized carbons (Fsp3) is 1.00. The highest BCUT2D eigenvalue weighted by Crippen LogP contribution is 2.23. The normalized spacial score (nSPS) is 29.4. The molecular weight excluding hydrogens is 172 g/mol. The predicted octanol–water partition coefficient (Wildman–Crippen LogP) is 2.06. The topological polar surface area (TPSA) is 6.48 Å². The maximum atomic E-state index is 2.60. The monoisotopic (exact) mass is 198 g/mol. The number of likely N-dealkylation sites (tertiary alicyclic amines) is 1. The van der Waals surface area contributed by atoms with Crippen molar-refractivity contribution in [1.82, 2.24) is 9.80 Å². The summed E-state index contributed by atoms with van der Waals surface area (Å²) in [6.45, 7) is 16.5. The molecule has 0 aromatic heterocycles. The highest BCUT2D eigenvalue weighted by Gasteiger charge is 2.33. The molecule has 0 bridgehead atoms. The first-order chi connectivity index (χ1) is 6.60. The summed E-state index contributed by atoms with van der Waals surface area (Å²) in [4.78, 5) is 5.21. The van der Waals surface area contributed by atoms with Crippen molar-refractivity contribution in [3.63, 3.8) is 0 Å². The van der Waals surface area contributed by atoms with E-state index in [1.54, 1.807) is 0 Å². The standard InChI is InChI=1S/C12H26N2/c1-6-13(7-2)12-9-14(10(3)4)8-11(12)5/h10-12H,6-9H2,1-5H3/t11?,12-/m1/s1. The SMILES string of the molecule is CCN(CC)[C@@H]1CN(C(C)C)CC1C. The molecule has 0 radical (unpaired) electrons. The van der Waals surface area contributed by atoms with Gasteiger partial charge in [0.2, 0.25) is 0 Å². The molecule has 0 spiro atoms. The zero-order valence-electron chi connectivity index (χ0n) is 10.5. The lowest BCUT2D eigenvalue weighted by atomic mass is 10.1. The van der Waals surface area contributed by atoms with Gasteiger partial charge in [-0.1, -0.05) is 20.8 Å². The Labute approximate surface area is 89.3 Å². The zero-order chi connectivity index (χ0) is 10.7. The van der Waals surface area contributed by atoms with Crippen LogP contribution in [0.1, 0.15) is 34.6 Å². The van der Waals surface area contributed by atoms with Crippen LogP contribution in [0.3, 0.4) is 0 Å². The molecule has 2 atom stereocenters. The van der Waals surface area contributed by atoms with E-state index in [1.807, 2.05) is 0 Å². The van der Waals surface area contributed by atoms with Crippen LogP contribution in [-0.2, 0) is 0 Å². The molecule has 14 heavy (non-hydrogen) atoms. The second kappa shape index (κ2) is 5.13. The van der Waals surface area contributed by atoms with Crippen LogP contribution in [0.5, 0.6) is 0 Å². The van der Waals surface area contributed by atoms with E-state index in [0.717, 1.165) is 12.0 Å². The largest absolute Gasteiger partial charge is 0.299 e. The van der Waals surface area contributed by atoms with Crippen LogP contribution in [0, 0.1) is 5.92 Å². The summed E-state index contributed by atoms with van der Waals surface area (Å²) >= 11 is 0. The van der Waals surface area contributed by atoms with Crippen molar-refractivity contribution in [2.45, 2.75) is 46.7 Å². The molecule has 0 aromatic carbocycles. The first-order valence-corrected chi connectivity index (χ1v) is 6.08. The summed E-state index contributed by atoms with van der Waals surface area (Å²) in [6, 6.07) is 1.49. The van der Waals surface area contributed by atoms with Crippen LogP contribution >= 0.6 is 0 Å². The van der Waals surface area contributed by atoms with Gasteiger partial charge in [-0.05, 0) is 32.9 Å². The third-order valence-electron chi connectivity index (χ3n) is 3.61. The predicted molar refractivity (Wildman–Crippen MR) is 62.6 cm³/mol. The minimum atomic E-state index is 0.706. The second-order valence-electron chi connectivity index (χ2n) is 4.81. The van der Waals surface area contributed by atoms with Gasteiger partial charge in [0, 0.05) is 25.2 Å². The molecule has 0 aromatic rings. The van der Waals surface area contributed by atoms with Gasteiger partial charge in [0.15, 0.2) is 0 Å². The second-order valence-corrected chi connectivity index (χ2v) is 4.81. The Bertz CT molecular complexity index is 164. The number of hydrogen-bond donors (Lipinski definition) is 0. The summed E-state index contributed by atoms with van der Waals surface area (Å²) in [6.07, 6.45) is 0. The van der Waals surface area contributed by atoms with Crippen molar-refractivity contribution in [3.8, 4) is 0 Å². The molecule has 1 rings (SSSR count). The number of nitrogens with zero attached hydrogens (tertiary/aromatic N) is 2. The van der Waals surface area contributed by atoms with E-state index in [1.165, 1.54) is 26.2 Å². The summed E-state index contributed by atoms with van der Waals surface area (Å²) in [5.41, 5.74) is 0. The van der Waals surface area contributed by atoms with Crippen molar-refractivity contribution >= 4 is 0 Å². The molecule has 0 amide bonds. The van der Waals surface area contributed by atoms with Gasteiger partial charge in [-0.15, -0.1) is 0 Å². The number of hydrogen-bond acceptors (Lipinski definition) is 2. The lowest BCUT2D eigenvalue weighted by Crippen LogP contribution is -2.40. The lowest BCUT2D eigenvalue weighted by Gasteiger charge is -2.29. The minimum Gasteiger partial charge on any atom is -0.299 e. The van der Waals surface area contributed by atoms with Gasteiger partial charge in [-0.25, -0.2) is 0 Å². The Kier molecular flexibility index (Phi) is 4.39. The number of rotatable bonds is 4. The molecule has 1 aliphatic heterocycles. The highest BCUT2D eigenvalue weighted by molar-refractivity contribution is 4.89. The van der Waals surface area contributed by atoms with Gasteiger partial charge in [0.1, 0.15) is 0 Å². The van der Waals surface area contributed by atoms with E-state index in [-0.39, 0.29) is 0 Å². The van der Waals surface area contributed by atoms with Crippen LogP contribution in [-0.4, -0.2) is 48.1 Å². The van der Waals surface area contributed by atoms with E-state index in [0.29, 0.717) is 6.04 Å². The van der Waals surface area contributed by atoms with Crippen molar-refractivity contribution < 1.29 is 0 Å².